The predicted molar refractivity (Wildman–Crippen MR) is 96.2 cm³/mol. The lowest BCUT2D eigenvalue weighted by molar-refractivity contribution is 0.375. The number of methoxy groups -OCH3 is 3. The minimum atomic E-state index is -3.78. The molecule has 9 nitrogen and oxygen atoms in total. The van der Waals surface area contributed by atoms with Gasteiger partial charge in [-0.1, -0.05) is 0 Å². The van der Waals surface area contributed by atoms with Crippen LogP contribution in [0.3, 0.4) is 0 Å². The largest absolute Gasteiger partial charge is 0.496 e. The van der Waals surface area contributed by atoms with E-state index in [1.807, 2.05) is 0 Å². The smallest absolute Gasteiger partial charge is 0.255 e. The van der Waals surface area contributed by atoms with E-state index in [1.54, 1.807) is 12.1 Å². The Morgan fingerprint density at radius 2 is 1.44 bits per heavy atom. The summed E-state index contributed by atoms with van der Waals surface area (Å²) in [5, 5.41) is 13.2. The van der Waals surface area contributed by atoms with Gasteiger partial charge in [0.05, 0.1) is 26.2 Å². The first-order valence-electron chi connectivity index (χ1n) is 7.64. The van der Waals surface area contributed by atoms with Crippen molar-refractivity contribution in [3.63, 3.8) is 0 Å². The molecule has 0 saturated carbocycles. The molecule has 0 fully saturated rings. The van der Waals surface area contributed by atoms with Crippen LogP contribution in [0, 0.1) is 0 Å². The zero-order chi connectivity index (χ0) is 19.6. The summed E-state index contributed by atoms with van der Waals surface area (Å²) >= 11 is 0. The van der Waals surface area contributed by atoms with E-state index in [0.717, 1.165) is 0 Å². The maximum absolute atomic E-state index is 11.4. The molecule has 0 radical (unpaired) electrons. The second-order valence-electron chi connectivity index (χ2n) is 5.39. The van der Waals surface area contributed by atoms with Crippen LogP contribution in [0.15, 0.2) is 45.7 Å². The van der Waals surface area contributed by atoms with Crippen molar-refractivity contribution in [3.05, 3.63) is 36.4 Å². The van der Waals surface area contributed by atoms with Crippen LogP contribution in [0.2, 0.25) is 0 Å². The topological polar surface area (TPSA) is 127 Å². The number of hydrogen-bond donors (Lipinski definition) is 1. The number of sulfonamides is 1. The number of aromatic nitrogens is 2. The molecule has 0 aliphatic rings. The van der Waals surface area contributed by atoms with E-state index in [-0.39, 0.29) is 16.7 Å². The number of hydrogen-bond acceptors (Lipinski definition) is 8. The van der Waals surface area contributed by atoms with Gasteiger partial charge in [-0.3, -0.25) is 0 Å². The summed E-state index contributed by atoms with van der Waals surface area (Å²) in [5.41, 5.74) is 1.01. The molecular formula is C17H17N3O6S. The predicted octanol–water partition coefficient (Wildman–Crippen LogP) is 2.08. The Hall–Kier alpha value is -3.11. The molecule has 1 heterocycles. The molecule has 3 rings (SSSR count). The van der Waals surface area contributed by atoms with Gasteiger partial charge < -0.3 is 18.6 Å². The maximum Gasteiger partial charge on any atom is 0.255 e. The van der Waals surface area contributed by atoms with Gasteiger partial charge in [0, 0.05) is 17.7 Å². The first-order chi connectivity index (χ1) is 12.9. The van der Waals surface area contributed by atoms with Gasteiger partial charge in [-0.15, -0.1) is 10.2 Å². The summed E-state index contributed by atoms with van der Waals surface area (Å²) < 4.78 is 44.4. The second-order valence-corrected chi connectivity index (χ2v) is 6.95. The number of ether oxygens (including phenoxy) is 3. The summed E-state index contributed by atoms with van der Waals surface area (Å²) in [6.07, 6.45) is 0. The molecule has 0 saturated heterocycles. The monoisotopic (exact) mass is 391 g/mol. The molecule has 0 aliphatic carbocycles. The molecule has 2 N–H and O–H groups in total. The molecule has 10 heteroatoms. The van der Waals surface area contributed by atoms with Crippen LogP contribution in [0.25, 0.3) is 22.9 Å². The molecular weight excluding hydrogens is 374 g/mol. The molecule has 0 amide bonds. The van der Waals surface area contributed by atoms with E-state index < -0.39 is 10.0 Å². The Balaban J connectivity index is 2.04. The van der Waals surface area contributed by atoms with E-state index in [0.29, 0.717) is 28.4 Å². The van der Waals surface area contributed by atoms with Crippen LogP contribution in [-0.4, -0.2) is 39.9 Å². The van der Waals surface area contributed by atoms with Crippen molar-refractivity contribution in [1.82, 2.24) is 10.2 Å². The van der Waals surface area contributed by atoms with Crippen molar-refractivity contribution in [2.75, 3.05) is 21.3 Å². The number of nitrogens with two attached hydrogens (primary N) is 1. The van der Waals surface area contributed by atoms with Gasteiger partial charge in [-0.2, -0.15) is 0 Å². The lowest BCUT2D eigenvalue weighted by atomic mass is 10.1. The van der Waals surface area contributed by atoms with Crippen LogP contribution in [0.5, 0.6) is 17.2 Å². The third-order valence-corrected chi connectivity index (χ3v) is 4.71. The van der Waals surface area contributed by atoms with E-state index in [9.17, 15) is 8.42 Å². The fourth-order valence-corrected chi connectivity index (χ4v) is 2.96. The van der Waals surface area contributed by atoms with Crippen LogP contribution >= 0.6 is 0 Å². The highest BCUT2D eigenvalue weighted by molar-refractivity contribution is 7.89. The standard InChI is InChI=1S/C17H17N3O6S/c1-23-11-8-13(24-2)15(14(9-11)25-3)17-20-19-16(26-17)10-4-6-12(7-5-10)27(18,21)22/h4-9H,1-3H3,(H2,18,21,22). The maximum atomic E-state index is 11.4. The quantitative estimate of drug-likeness (QED) is 0.677. The second kappa shape index (κ2) is 7.25. The van der Waals surface area contributed by atoms with Crippen molar-refractivity contribution in [2.24, 2.45) is 5.14 Å². The van der Waals surface area contributed by atoms with Crippen LogP contribution in [-0.2, 0) is 10.0 Å². The van der Waals surface area contributed by atoms with Crippen LogP contribution in [0.4, 0.5) is 0 Å². The number of rotatable bonds is 6. The molecule has 142 valence electrons. The van der Waals surface area contributed by atoms with Crippen molar-refractivity contribution in [2.45, 2.75) is 4.90 Å². The summed E-state index contributed by atoms with van der Waals surface area (Å²) in [6, 6.07) is 9.12. The van der Waals surface area contributed by atoms with Crippen molar-refractivity contribution in [1.29, 1.82) is 0 Å². The SMILES string of the molecule is COc1cc(OC)c(-c2nnc(-c3ccc(S(N)(=O)=O)cc3)o2)c(OC)c1. The van der Waals surface area contributed by atoms with E-state index in [2.05, 4.69) is 10.2 Å². The highest BCUT2D eigenvalue weighted by Crippen LogP contribution is 2.41. The van der Waals surface area contributed by atoms with Crippen molar-refractivity contribution >= 4 is 10.0 Å². The first kappa shape index (κ1) is 18.7. The average molecular weight is 391 g/mol. The number of nitrogens with zero attached hydrogens (tertiary/aromatic N) is 2. The first-order valence-corrected chi connectivity index (χ1v) is 9.19. The van der Waals surface area contributed by atoms with E-state index in [1.165, 1.54) is 45.6 Å². The van der Waals surface area contributed by atoms with Crippen molar-refractivity contribution < 1.29 is 27.0 Å². The van der Waals surface area contributed by atoms with Crippen LogP contribution < -0.4 is 19.3 Å². The fraction of sp³-hybridized carbons (Fsp3) is 0.176. The molecule has 0 aliphatic heterocycles. The van der Waals surface area contributed by atoms with Gasteiger partial charge in [0.2, 0.25) is 15.9 Å². The normalized spacial score (nSPS) is 11.3. The van der Waals surface area contributed by atoms with Gasteiger partial charge in [-0.05, 0) is 24.3 Å². The Morgan fingerprint density at radius 1 is 0.889 bits per heavy atom. The molecule has 0 bridgehead atoms. The zero-order valence-electron chi connectivity index (χ0n) is 14.8. The lowest BCUT2D eigenvalue weighted by Gasteiger charge is -2.12. The molecule has 2 aromatic carbocycles. The molecule has 0 spiro atoms. The Bertz CT molecular complexity index is 1040. The van der Waals surface area contributed by atoms with E-state index >= 15 is 0 Å². The number of primary sulfonamides is 1. The van der Waals surface area contributed by atoms with Crippen molar-refractivity contribution in [3.8, 4) is 40.2 Å². The van der Waals surface area contributed by atoms with Gasteiger partial charge in [0.15, 0.2) is 0 Å². The minimum Gasteiger partial charge on any atom is -0.496 e. The Morgan fingerprint density at radius 3 is 1.93 bits per heavy atom. The zero-order valence-corrected chi connectivity index (χ0v) is 15.6. The Labute approximate surface area is 155 Å². The van der Waals surface area contributed by atoms with Crippen LogP contribution in [0.1, 0.15) is 0 Å². The molecule has 3 aromatic rings. The fourth-order valence-electron chi connectivity index (χ4n) is 2.44. The lowest BCUT2D eigenvalue weighted by Crippen LogP contribution is -2.11. The highest BCUT2D eigenvalue weighted by Gasteiger charge is 2.21. The summed E-state index contributed by atoms with van der Waals surface area (Å²) in [4.78, 5) is -0.00974. The van der Waals surface area contributed by atoms with E-state index in [4.69, 9.17) is 23.8 Å². The molecule has 0 atom stereocenters. The Kier molecular flexibility index (Phi) is 5.02. The van der Waals surface area contributed by atoms with Gasteiger partial charge >= 0.3 is 0 Å². The molecule has 27 heavy (non-hydrogen) atoms. The highest BCUT2D eigenvalue weighted by atomic mass is 32.2. The van der Waals surface area contributed by atoms with Gasteiger partial charge in [0.25, 0.3) is 5.89 Å². The summed E-state index contributed by atoms with van der Waals surface area (Å²) in [5.74, 6) is 1.80. The van der Waals surface area contributed by atoms with Gasteiger partial charge in [-0.25, -0.2) is 13.6 Å². The number of benzene rings is 2. The molecule has 0 unspecified atom stereocenters. The summed E-state index contributed by atoms with van der Waals surface area (Å²) in [6.45, 7) is 0. The summed E-state index contributed by atoms with van der Waals surface area (Å²) in [7, 11) is 0.758. The minimum absolute atomic E-state index is 0.00974. The third-order valence-electron chi connectivity index (χ3n) is 3.78. The molecule has 1 aromatic heterocycles. The third kappa shape index (κ3) is 3.71. The van der Waals surface area contributed by atoms with Gasteiger partial charge in [0.1, 0.15) is 22.8 Å². The average Bonchev–Trinajstić information content (AvgIpc) is 3.15.